The van der Waals surface area contributed by atoms with Crippen molar-refractivity contribution in [3.05, 3.63) is 0 Å². The smallest absolute Gasteiger partial charge is 0.408 e. The number of alkyl carbamates (subject to hydrolysis) is 1. The second-order valence-electron chi connectivity index (χ2n) is 7.59. The molecule has 7 heteroatoms. The van der Waals surface area contributed by atoms with E-state index in [1.54, 1.807) is 0 Å². The zero-order valence-electron chi connectivity index (χ0n) is 14.5. The zero-order chi connectivity index (χ0) is 16.2. The van der Waals surface area contributed by atoms with Crippen molar-refractivity contribution in [3.63, 3.8) is 0 Å². The summed E-state index contributed by atoms with van der Waals surface area (Å²) in [5, 5.41) is 5.85. The molecule has 0 fully saturated rings. The molecule has 0 atom stereocenters. The van der Waals surface area contributed by atoms with Gasteiger partial charge in [-0.3, -0.25) is 4.99 Å². The van der Waals surface area contributed by atoms with Crippen LogP contribution in [0.25, 0.3) is 0 Å². The molecule has 0 spiro atoms. The number of halogens is 1. The van der Waals surface area contributed by atoms with Crippen molar-refractivity contribution < 1.29 is 9.53 Å². The van der Waals surface area contributed by atoms with Crippen molar-refractivity contribution in [1.29, 1.82) is 0 Å². The Hall–Kier alpha value is -0.730. The van der Waals surface area contributed by atoms with E-state index in [9.17, 15) is 4.79 Å². The summed E-state index contributed by atoms with van der Waals surface area (Å²) in [7, 11) is 0. The first kappa shape index (κ1) is 22.5. The largest absolute Gasteiger partial charge is 0.444 e. The van der Waals surface area contributed by atoms with Gasteiger partial charge in [0.1, 0.15) is 5.60 Å². The third kappa shape index (κ3) is 14.0. The molecule has 0 heterocycles. The Balaban J connectivity index is 0. The van der Waals surface area contributed by atoms with Crippen LogP contribution in [0.4, 0.5) is 4.79 Å². The van der Waals surface area contributed by atoms with Crippen molar-refractivity contribution >= 4 is 36.0 Å². The van der Waals surface area contributed by atoms with Crippen LogP contribution in [0.3, 0.4) is 0 Å². The standard InChI is InChI=1S/C14H30N4O2.HI/c1-12(2,3)17-10(15)16-9-14(7,8)18-11(19)20-13(4,5)6;/h9H2,1-8H3,(H,18,19)(H3,15,16,17);1H. The van der Waals surface area contributed by atoms with Gasteiger partial charge in [-0.05, 0) is 55.4 Å². The molecule has 0 radical (unpaired) electrons. The molecule has 6 nitrogen and oxygen atoms in total. The summed E-state index contributed by atoms with van der Waals surface area (Å²) < 4.78 is 5.22. The van der Waals surface area contributed by atoms with Gasteiger partial charge in [0, 0.05) is 5.54 Å². The van der Waals surface area contributed by atoms with Gasteiger partial charge in [-0.15, -0.1) is 24.0 Å². The van der Waals surface area contributed by atoms with E-state index in [2.05, 4.69) is 15.6 Å². The molecule has 0 aromatic rings. The fraction of sp³-hybridized carbons (Fsp3) is 0.857. The molecule has 0 aliphatic heterocycles. The van der Waals surface area contributed by atoms with Gasteiger partial charge >= 0.3 is 6.09 Å². The number of hydrogen-bond donors (Lipinski definition) is 3. The van der Waals surface area contributed by atoms with E-state index in [0.29, 0.717) is 12.5 Å². The number of nitrogens with zero attached hydrogens (tertiary/aromatic N) is 1. The highest BCUT2D eigenvalue weighted by molar-refractivity contribution is 14.0. The number of rotatable bonds is 3. The molecule has 0 aliphatic carbocycles. The molecule has 0 aliphatic rings. The Kier molecular flexibility index (Phi) is 8.64. The molecular weight excluding hydrogens is 383 g/mol. The third-order valence-corrected chi connectivity index (χ3v) is 1.99. The van der Waals surface area contributed by atoms with Crippen LogP contribution in [0.5, 0.6) is 0 Å². The van der Waals surface area contributed by atoms with Crippen LogP contribution in [0.15, 0.2) is 4.99 Å². The van der Waals surface area contributed by atoms with Crippen molar-refractivity contribution in [3.8, 4) is 0 Å². The van der Waals surface area contributed by atoms with Gasteiger partial charge in [0.25, 0.3) is 0 Å². The minimum absolute atomic E-state index is 0. The molecule has 0 unspecified atom stereocenters. The molecule has 0 bridgehead atoms. The normalized spacial score (nSPS) is 13.2. The van der Waals surface area contributed by atoms with E-state index < -0.39 is 17.2 Å². The average molecular weight is 414 g/mol. The van der Waals surface area contributed by atoms with Crippen LogP contribution in [0.2, 0.25) is 0 Å². The van der Waals surface area contributed by atoms with Crippen LogP contribution in [0.1, 0.15) is 55.4 Å². The summed E-state index contributed by atoms with van der Waals surface area (Å²) in [6, 6.07) is 0. The molecule has 0 rings (SSSR count). The average Bonchev–Trinajstić information content (AvgIpc) is 2.07. The number of nitrogens with one attached hydrogen (secondary N) is 2. The highest BCUT2D eigenvalue weighted by Crippen LogP contribution is 2.09. The zero-order valence-corrected chi connectivity index (χ0v) is 16.8. The first-order chi connectivity index (χ1) is 8.70. The lowest BCUT2D eigenvalue weighted by Crippen LogP contribution is -2.49. The molecule has 0 aromatic carbocycles. The fourth-order valence-electron chi connectivity index (χ4n) is 1.33. The van der Waals surface area contributed by atoms with Gasteiger partial charge in [-0.25, -0.2) is 4.79 Å². The monoisotopic (exact) mass is 414 g/mol. The maximum absolute atomic E-state index is 11.7. The predicted octanol–water partition coefficient (Wildman–Crippen LogP) is 2.61. The Morgan fingerprint density at radius 3 is 1.90 bits per heavy atom. The lowest BCUT2D eigenvalue weighted by atomic mass is 10.1. The summed E-state index contributed by atoms with van der Waals surface area (Å²) in [5.41, 5.74) is 4.60. The summed E-state index contributed by atoms with van der Waals surface area (Å²) >= 11 is 0. The van der Waals surface area contributed by atoms with Gasteiger partial charge < -0.3 is 21.1 Å². The minimum atomic E-state index is -0.535. The van der Waals surface area contributed by atoms with Crippen molar-refractivity contribution in [2.45, 2.75) is 72.1 Å². The highest BCUT2D eigenvalue weighted by atomic mass is 127. The van der Waals surface area contributed by atoms with Gasteiger partial charge in [-0.2, -0.15) is 0 Å². The van der Waals surface area contributed by atoms with Crippen molar-refractivity contribution in [2.24, 2.45) is 10.7 Å². The summed E-state index contributed by atoms with van der Waals surface area (Å²) in [5.74, 6) is 0.358. The van der Waals surface area contributed by atoms with E-state index in [4.69, 9.17) is 10.5 Å². The SMILES string of the molecule is CC(C)(C)NC(N)=NCC(C)(C)NC(=O)OC(C)(C)C.I. The Morgan fingerprint density at radius 2 is 1.52 bits per heavy atom. The van der Waals surface area contributed by atoms with E-state index in [1.165, 1.54) is 0 Å². The van der Waals surface area contributed by atoms with Gasteiger partial charge in [0.15, 0.2) is 5.96 Å². The van der Waals surface area contributed by atoms with Gasteiger partial charge in [0.05, 0.1) is 12.1 Å². The molecule has 0 saturated heterocycles. The molecule has 0 aromatic heterocycles. The van der Waals surface area contributed by atoms with Crippen LogP contribution in [-0.2, 0) is 4.74 Å². The molecule has 0 saturated carbocycles. The predicted molar refractivity (Wildman–Crippen MR) is 98.2 cm³/mol. The summed E-state index contributed by atoms with van der Waals surface area (Å²) in [6.45, 7) is 15.6. The number of ether oxygens (including phenoxy) is 1. The Morgan fingerprint density at radius 1 is 1.05 bits per heavy atom. The molecular formula is C14H31IN4O2. The lowest BCUT2D eigenvalue weighted by molar-refractivity contribution is 0.0476. The molecule has 126 valence electrons. The van der Waals surface area contributed by atoms with Crippen LogP contribution in [0, 0.1) is 0 Å². The number of nitrogens with two attached hydrogens (primary N) is 1. The van der Waals surface area contributed by atoms with Gasteiger partial charge in [0.2, 0.25) is 0 Å². The van der Waals surface area contributed by atoms with Crippen LogP contribution >= 0.6 is 24.0 Å². The third-order valence-electron chi connectivity index (χ3n) is 1.99. The molecule has 1 amide bonds. The molecule has 4 N–H and O–H groups in total. The summed E-state index contributed by atoms with van der Waals surface area (Å²) in [6.07, 6.45) is -0.458. The second-order valence-corrected chi connectivity index (χ2v) is 7.59. The summed E-state index contributed by atoms with van der Waals surface area (Å²) in [4.78, 5) is 16.0. The number of hydrogen-bond acceptors (Lipinski definition) is 3. The Bertz CT molecular complexity index is 368. The Labute approximate surface area is 145 Å². The number of amides is 1. The maximum atomic E-state index is 11.7. The lowest BCUT2D eigenvalue weighted by Gasteiger charge is -2.28. The van der Waals surface area contributed by atoms with E-state index in [-0.39, 0.29) is 29.5 Å². The fourth-order valence-corrected chi connectivity index (χ4v) is 1.33. The van der Waals surface area contributed by atoms with Crippen molar-refractivity contribution in [2.75, 3.05) is 6.54 Å². The van der Waals surface area contributed by atoms with Crippen LogP contribution in [-0.4, -0.2) is 35.3 Å². The number of carbonyl (C=O) groups excluding carboxylic acids is 1. The highest BCUT2D eigenvalue weighted by Gasteiger charge is 2.24. The molecule has 21 heavy (non-hydrogen) atoms. The van der Waals surface area contributed by atoms with E-state index in [0.717, 1.165) is 0 Å². The number of aliphatic imine (C=N–C) groups is 1. The van der Waals surface area contributed by atoms with E-state index >= 15 is 0 Å². The number of guanidine groups is 1. The number of carbonyl (C=O) groups is 1. The first-order valence-corrected chi connectivity index (χ1v) is 6.79. The quantitative estimate of drug-likeness (QED) is 0.376. The second kappa shape index (κ2) is 8.05. The van der Waals surface area contributed by atoms with E-state index in [1.807, 2.05) is 55.4 Å². The first-order valence-electron chi connectivity index (χ1n) is 6.79. The maximum Gasteiger partial charge on any atom is 0.408 e. The minimum Gasteiger partial charge on any atom is -0.444 e. The van der Waals surface area contributed by atoms with Crippen molar-refractivity contribution in [1.82, 2.24) is 10.6 Å². The van der Waals surface area contributed by atoms with Gasteiger partial charge in [-0.1, -0.05) is 0 Å². The topological polar surface area (TPSA) is 88.7 Å². The van der Waals surface area contributed by atoms with Crippen LogP contribution < -0.4 is 16.4 Å².